The van der Waals surface area contributed by atoms with Crippen molar-refractivity contribution >= 4 is 35.8 Å². The minimum atomic E-state index is -1.04. The van der Waals surface area contributed by atoms with Gasteiger partial charge in [-0.3, -0.25) is 4.79 Å². The molecule has 0 spiro atoms. The first-order valence-corrected chi connectivity index (χ1v) is 14.1. The Labute approximate surface area is 251 Å². The van der Waals surface area contributed by atoms with Crippen LogP contribution in [0.5, 0.6) is 11.5 Å². The van der Waals surface area contributed by atoms with E-state index in [4.69, 9.17) is 4.74 Å². The van der Waals surface area contributed by atoms with E-state index in [0.717, 1.165) is 39.3 Å². The number of thioether (sulfide) groups is 1. The summed E-state index contributed by atoms with van der Waals surface area (Å²) in [6, 6.07) is 29.9. The van der Waals surface area contributed by atoms with Gasteiger partial charge in [0.2, 0.25) is 0 Å². The van der Waals surface area contributed by atoms with Crippen molar-refractivity contribution in [2.24, 2.45) is 0 Å². The second kappa shape index (κ2) is 15.2. The van der Waals surface area contributed by atoms with Crippen LogP contribution in [0.3, 0.4) is 0 Å². The van der Waals surface area contributed by atoms with Gasteiger partial charge in [-0.05, 0) is 77.9 Å². The molecule has 0 aromatic heterocycles. The van der Waals surface area contributed by atoms with Crippen LogP contribution in [0.1, 0.15) is 33.5 Å². The predicted octanol–water partition coefficient (Wildman–Crippen LogP) is 4.56. The second-order valence-corrected chi connectivity index (χ2v) is 10.0. The van der Waals surface area contributed by atoms with Crippen LogP contribution in [0.15, 0.2) is 97.1 Å². The standard InChI is InChI=1S/C33H31NO4S.Li/c1-23-10-6-8-14-27(23)29-22-24(17-19-28(29)32(35)34-30(33(36)37)20-21-39-2)16-18-25-11-7-9-15-31(25)38-26-12-4-3-5-13-26;/h3-19,22,30H,20-21H2,1-2H3,(H,34,35)(H,36,37);/q;+1/b18-16+;. The molecule has 198 valence electrons. The van der Waals surface area contributed by atoms with E-state index in [1.807, 2.05) is 116 Å². The largest absolute Gasteiger partial charge is 1.00 e. The van der Waals surface area contributed by atoms with Crippen LogP contribution in [0.4, 0.5) is 0 Å². The second-order valence-electron chi connectivity index (χ2n) is 9.05. The molecule has 40 heavy (non-hydrogen) atoms. The normalized spacial score (nSPS) is 11.4. The van der Waals surface area contributed by atoms with E-state index in [-0.39, 0.29) is 18.9 Å². The molecule has 4 rings (SSSR count). The number of amides is 1. The van der Waals surface area contributed by atoms with Crippen molar-refractivity contribution in [1.29, 1.82) is 0 Å². The van der Waals surface area contributed by atoms with Crippen LogP contribution in [-0.4, -0.2) is 35.0 Å². The Bertz CT molecular complexity index is 1470. The van der Waals surface area contributed by atoms with Crippen molar-refractivity contribution in [3.8, 4) is 22.6 Å². The van der Waals surface area contributed by atoms with Gasteiger partial charge in [-0.15, -0.1) is 0 Å². The van der Waals surface area contributed by atoms with Gasteiger partial charge in [0, 0.05) is 11.1 Å². The molecule has 0 aliphatic rings. The SMILES string of the molecule is CSCCC(NC(=O)c1ccc(/C=C/c2ccccc2Oc2ccccc2)cc1-c1ccccc1C)C(=O)O.[Li+]. The summed E-state index contributed by atoms with van der Waals surface area (Å²) >= 11 is 1.55. The van der Waals surface area contributed by atoms with Gasteiger partial charge < -0.3 is 15.2 Å². The third-order valence-corrected chi connectivity index (χ3v) is 6.93. The molecule has 0 fully saturated rings. The van der Waals surface area contributed by atoms with Gasteiger partial charge in [0.05, 0.1) is 0 Å². The topological polar surface area (TPSA) is 75.6 Å². The fourth-order valence-corrected chi connectivity index (χ4v) is 4.67. The molecule has 0 saturated carbocycles. The number of aliphatic carboxylic acids is 1. The zero-order valence-corrected chi connectivity index (χ0v) is 23.8. The number of nitrogens with one attached hydrogen (secondary N) is 1. The Hall–Kier alpha value is -3.69. The van der Waals surface area contributed by atoms with Gasteiger partial charge in [0.25, 0.3) is 5.91 Å². The first-order chi connectivity index (χ1) is 19.0. The quantitative estimate of drug-likeness (QED) is 0.214. The van der Waals surface area contributed by atoms with Crippen LogP contribution in [0.2, 0.25) is 0 Å². The Morgan fingerprint density at radius 3 is 2.33 bits per heavy atom. The average Bonchev–Trinajstić information content (AvgIpc) is 2.95. The summed E-state index contributed by atoms with van der Waals surface area (Å²) < 4.78 is 6.09. The molecule has 5 nitrogen and oxygen atoms in total. The molecule has 0 aliphatic heterocycles. The van der Waals surface area contributed by atoms with Crippen LogP contribution >= 0.6 is 11.8 Å². The molecule has 4 aromatic rings. The number of hydrogen-bond acceptors (Lipinski definition) is 4. The summed E-state index contributed by atoms with van der Waals surface area (Å²) in [4.78, 5) is 25.1. The van der Waals surface area contributed by atoms with Gasteiger partial charge in [0.1, 0.15) is 17.5 Å². The fraction of sp³-hybridized carbons (Fsp3) is 0.152. The molecule has 0 radical (unpaired) electrons. The molecule has 7 heteroatoms. The van der Waals surface area contributed by atoms with E-state index in [2.05, 4.69) is 5.32 Å². The van der Waals surface area contributed by atoms with Gasteiger partial charge in [0.15, 0.2) is 0 Å². The van der Waals surface area contributed by atoms with E-state index >= 15 is 0 Å². The van der Waals surface area contributed by atoms with E-state index in [0.29, 0.717) is 17.7 Å². The molecule has 4 aromatic carbocycles. The smallest absolute Gasteiger partial charge is 0.480 e. The zero-order valence-electron chi connectivity index (χ0n) is 23.0. The summed E-state index contributed by atoms with van der Waals surface area (Å²) in [6.45, 7) is 2.00. The molecule has 0 saturated heterocycles. The van der Waals surface area contributed by atoms with Gasteiger partial charge in [-0.1, -0.05) is 78.9 Å². The van der Waals surface area contributed by atoms with Crippen molar-refractivity contribution in [2.45, 2.75) is 19.4 Å². The summed E-state index contributed by atoms with van der Waals surface area (Å²) in [5.41, 5.74) is 4.93. The van der Waals surface area contributed by atoms with Crippen LogP contribution in [0, 0.1) is 6.92 Å². The number of carbonyl (C=O) groups is 2. The van der Waals surface area contributed by atoms with Crippen molar-refractivity contribution in [3.63, 3.8) is 0 Å². The average molecular weight is 545 g/mol. The molecule has 0 aliphatic carbocycles. The Morgan fingerprint density at radius 1 is 0.900 bits per heavy atom. The van der Waals surface area contributed by atoms with Crippen molar-refractivity contribution < 1.29 is 38.3 Å². The maximum atomic E-state index is 13.3. The molecule has 0 bridgehead atoms. The van der Waals surface area contributed by atoms with E-state index in [1.54, 1.807) is 17.8 Å². The summed E-state index contributed by atoms with van der Waals surface area (Å²) in [5.74, 6) is 0.693. The monoisotopic (exact) mass is 544 g/mol. The number of para-hydroxylation sites is 2. The molecule has 1 atom stereocenters. The Kier molecular flexibility index (Phi) is 11.7. The summed E-state index contributed by atoms with van der Waals surface area (Å²) in [7, 11) is 0. The van der Waals surface area contributed by atoms with Crippen LogP contribution in [0.25, 0.3) is 23.3 Å². The number of ether oxygens (including phenoxy) is 1. The molecule has 1 amide bonds. The minimum Gasteiger partial charge on any atom is -0.480 e. The zero-order chi connectivity index (χ0) is 27.6. The first-order valence-electron chi connectivity index (χ1n) is 12.7. The number of hydrogen-bond donors (Lipinski definition) is 2. The predicted molar refractivity (Wildman–Crippen MR) is 160 cm³/mol. The van der Waals surface area contributed by atoms with Crippen molar-refractivity contribution in [2.75, 3.05) is 12.0 Å². The molecule has 2 N–H and O–H groups in total. The number of aryl methyl sites for hydroxylation is 1. The fourth-order valence-electron chi connectivity index (χ4n) is 4.20. The summed E-state index contributed by atoms with van der Waals surface area (Å²) in [5, 5.41) is 12.3. The molecular formula is C33H31LiNO4S+. The number of carboxylic acid groups (broad SMARTS) is 1. The van der Waals surface area contributed by atoms with Gasteiger partial charge >= 0.3 is 24.8 Å². The molecular weight excluding hydrogens is 513 g/mol. The molecule has 0 heterocycles. The van der Waals surface area contributed by atoms with E-state index < -0.39 is 17.9 Å². The number of carboxylic acids is 1. The molecule has 1 unspecified atom stereocenters. The van der Waals surface area contributed by atoms with Crippen LogP contribution < -0.4 is 28.9 Å². The van der Waals surface area contributed by atoms with Gasteiger partial charge in [-0.25, -0.2) is 4.79 Å². The number of carbonyl (C=O) groups excluding carboxylic acids is 1. The third-order valence-electron chi connectivity index (χ3n) is 6.28. The van der Waals surface area contributed by atoms with Crippen LogP contribution in [-0.2, 0) is 4.79 Å². The third kappa shape index (κ3) is 8.16. The van der Waals surface area contributed by atoms with Crippen molar-refractivity contribution in [3.05, 3.63) is 119 Å². The first kappa shape index (κ1) is 30.8. The maximum Gasteiger partial charge on any atom is 1.00 e. The van der Waals surface area contributed by atoms with E-state index in [1.165, 1.54) is 0 Å². The number of benzene rings is 4. The Morgan fingerprint density at radius 2 is 1.60 bits per heavy atom. The minimum absolute atomic E-state index is 0. The number of rotatable bonds is 11. The Balaban J connectivity index is 0.00000441. The van der Waals surface area contributed by atoms with E-state index in [9.17, 15) is 14.7 Å². The van der Waals surface area contributed by atoms with Crippen molar-refractivity contribution in [1.82, 2.24) is 5.32 Å². The van der Waals surface area contributed by atoms with Gasteiger partial charge in [-0.2, -0.15) is 11.8 Å². The summed E-state index contributed by atoms with van der Waals surface area (Å²) in [6.07, 6.45) is 6.23. The maximum absolute atomic E-state index is 13.3.